The minimum absolute atomic E-state index is 0.00971. The molecule has 0 atom stereocenters. The van der Waals surface area contributed by atoms with Crippen molar-refractivity contribution in [3.63, 3.8) is 0 Å². The first-order valence-corrected chi connectivity index (χ1v) is 9.53. The van der Waals surface area contributed by atoms with E-state index in [0.717, 1.165) is 39.1 Å². The number of sulfonamides is 1. The van der Waals surface area contributed by atoms with E-state index in [9.17, 15) is 8.42 Å². The van der Waals surface area contributed by atoms with E-state index in [1.165, 1.54) is 16.6 Å². The van der Waals surface area contributed by atoms with Crippen LogP contribution in [0, 0.1) is 0 Å². The number of rotatable bonds is 3. The van der Waals surface area contributed by atoms with E-state index in [-0.39, 0.29) is 15.7 Å². The molecule has 0 bridgehead atoms. The number of piperazine rings is 1. The quantitative estimate of drug-likeness (QED) is 0.857. The van der Waals surface area contributed by atoms with Crippen LogP contribution in [0.4, 0.5) is 5.82 Å². The molecule has 23 heavy (non-hydrogen) atoms. The maximum absolute atomic E-state index is 12.8. The van der Waals surface area contributed by atoms with Gasteiger partial charge in [-0.15, -0.1) is 0 Å². The molecule has 128 valence electrons. The molecule has 0 radical (unpaired) electrons. The molecule has 0 unspecified atom stereocenters. The van der Waals surface area contributed by atoms with Gasteiger partial charge in [-0.05, 0) is 18.9 Å². The molecule has 1 aromatic rings. The average Bonchev–Trinajstić information content (AvgIpc) is 2.58. The second-order valence-corrected chi connectivity index (χ2v) is 8.16. The van der Waals surface area contributed by atoms with Crippen molar-refractivity contribution in [2.24, 2.45) is 0 Å². The second kappa shape index (κ2) is 6.90. The number of aromatic nitrogens is 1. The fourth-order valence-electron chi connectivity index (χ4n) is 3.14. The largest absolute Gasteiger partial charge is 0.383 e. The molecular formula is C14H21ClN4O3S. The molecule has 2 saturated heterocycles. The Kier molecular flexibility index (Phi) is 5.07. The number of nitrogens with zero attached hydrogens (tertiary/aromatic N) is 3. The van der Waals surface area contributed by atoms with Gasteiger partial charge >= 0.3 is 0 Å². The van der Waals surface area contributed by atoms with Crippen LogP contribution in [0.25, 0.3) is 0 Å². The molecule has 0 aromatic carbocycles. The molecule has 2 aliphatic heterocycles. The summed E-state index contributed by atoms with van der Waals surface area (Å²) in [5, 5.41) is 0.263. The van der Waals surface area contributed by atoms with Crippen LogP contribution in [0.3, 0.4) is 0 Å². The van der Waals surface area contributed by atoms with Crippen LogP contribution in [0.2, 0.25) is 5.02 Å². The van der Waals surface area contributed by atoms with Crippen LogP contribution in [0.15, 0.2) is 17.2 Å². The highest BCUT2D eigenvalue weighted by molar-refractivity contribution is 7.89. The van der Waals surface area contributed by atoms with Crippen molar-refractivity contribution in [2.45, 2.75) is 23.8 Å². The van der Waals surface area contributed by atoms with Crippen LogP contribution in [-0.4, -0.2) is 68.0 Å². The number of hydrogen-bond acceptors (Lipinski definition) is 6. The Morgan fingerprint density at radius 3 is 2.52 bits per heavy atom. The lowest BCUT2D eigenvalue weighted by Gasteiger charge is -2.40. The number of pyridine rings is 1. The van der Waals surface area contributed by atoms with E-state index in [2.05, 4.69) is 9.88 Å². The van der Waals surface area contributed by atoms with E-state index in [0.29, 0.717) is 19.1 Å². The maximum atomic E-state index is 12.8. The lowest BCUT2D eigenvalue weighted by atomic mass is 10.1. The number of hydrogen-bond donors (Lipinski definition) is 1. The summed E-state index contributed by atoms with van der Waals surface area (Å²) in [5.41, 5.74) is 5.73. The van der Waals surface area contributed by atoms with Gasteiger partial charge in [-0.1, -0.05) is 11.6 Å². The Balaban J connectivity index is 1.69. The van der Waals surface area contributed by atoms with Gasteiger partial charge in [0.05, 0.1) is 5.02 Å². The van der Waals surface area contributed by atoms with E-state index >= 15 is 0 Å². The van der Waals surface area contributed by atoms with Gasteiger partial charge in [-0.3, -0.25) is 4.90 Å². The van der Waals surface area contributed by atoms with Gasteiger partial charge in [0.25, 0.3) is 0 Å². The van der Waals surface area contributed by atoms with Crippen molar-refractivity contribution < 1.29 is 13.2 Å². The SMILES string of the molecule is Nc1ncc(Cl)cc1S(=O)(=O)N1CCN(C2CCOCC2)CC1. The Morgan fingerprint density at radius 2 is 1.87 bits per heavy atom. The topological polar surface area (TPSA) is 88.8 Å². The van der Waals surface area contributed by atoms with Crippen LogP contribution >= 0.6 is 11.6 Å². The minimum Gasteiger partial charge on any atom is -0.383 e. The Bertz CT molecular complexity index is 656. The first-order valence-electron chi connectivity index (χ1n) is 7.71. The molecule has 2 N–H and O–H groups in total. The zero-order valence-corrected chi connectivity index (χ0v) is 14.4. The summed E-state index contributed by atoms with van der Waals surface area (Å²) < 4.78 is 32.4. The fourth-order valence-corrected chi connectivity index (χ4v) is 4.87. The minimum atomic E-state index is -3.66. The van der Waals surface area contributed by atoms with Gasteiger partial charge < -0.3 is 10.5 Å². The monoisotopic (exact) mass is 360 g/mol. The summed E-state index contributed by atoms with van der Waals surface area (Å²) >= 11 is 5.87. The predicted octanol–water partition coefficient (Wildman–Crippen LogP) is 0.802. The molecule has 3 rings (SSSR count). The summed E-state index contributed by atoms with van der Waals surface area (Å²) in [4.78, 5) is 6.19. The van der Waals surface area contributed by atoms with Crippen LogP contribution in [0.5, 0.6) is 0 Å². The van der Waals surface area contributed by atoms with Crippen LogP contribution in [0.1, 0.15) is 12.8 Å². The van der Waals surface area contributed by atoms with E-state index < -0.39 is 10.0 Å². The molecule has 0 spiro atoms. The van der Waals surface area contributed by atoms with Gasteiger partial charge in [0.15, 0.2) is 0 Å². The van der Waals surface area contributed by atoms with Crippen molar-refractivity contribution in [1.82, 2.24) is 14.2 Å². The van der Waals surface area contributed by atoms with Gasteiger partial charge in [0.1, 0.15) is 10.7 Å². The predicted molar refractivity (Wildman–Crippen MR) is 87.8 cm³/mol. The number of anilines is 1. The smallest absolute Gasteiger partial charge is 0.246 e. The van der Waals surface area contributed by atoms with Crippen molar-refractivity contribution in [2.75, 3.05) is 45.1 Å². The third-order valence-corrected chi connectivity index (χ3v) is 6.58. The van der Waals surface area contributed by atoms with E-state index in [4.69, 9.17) is 22.1 Å². The molecule has 2 fully saturated rings. The molecule has 1 aromatic heterocycles. The highest BCUT2D eigenvalue weighted by atomic mass is 35.5. The lowest BCUT2D eigenvalue weighted by molar-refractivity contribution is 0.0229. The molecule has 2 aliphatic rings. The molecule has 0 amide bonds. The summed E-state index contributed by atoms with van der Waals surface area (Å²) in [7, 11) is -3.66. The van der Waals surface area contributed by atoms with Crippen molar-refractivity contribution >= 4 is 27.4 Å². The molecule has 0 saturated carbocycles. The van der Waals surface area contributed by atoms with Gasteiger partial charge in [0.2, 0.25) is 10.0 Å². The van der Waals surface area contributed by atoms with Crippen molar-refractivity contribution in [3.05, 3.63) is 17.3 Å². The number of nitrogens with two attached hydrogens (primary N) is 1. The van der Waals surface area contributed by atoms with E-state index in [1.54, 1.807) is 0 Å². The normalized spacial score (nSPS) is 22.3. The fraction of sp³-hybridized carbons (Fsp3) is 0.643. The Labute approximate surface area is 141 Å². The molecule has 0 aliphatic carbocycles. The Hall–Kier alpha value is -0.930. The first-order chi connectivity index (χ1) is 11.0. The molecular weight excluding hydrogens is 340 g/mol. The number of nitrogen functional groups attached to an aromatic ring is 1. The number of ether oxygens (including phenoxy) is 1. The average molecular weight is 361 g/mol. The second-order valence-electron chi connectivity index (χ2n) is 5.82. The third kappa shape index (κ3) is 3.61. The molecule has 9 heteroatoms. The summed E-state index contributed by atoms with van der Waals surface area (Å²) in [5.74, 6) is -0.0127. The third-order valence-electron chi connectivity index (χ3n) is 4.45. The van der Waals surface area contributed by atoms with Gasteiger partial charge in [-0.2, -0.15) is 4.31 Å². The summed E-state index contributed by atoms with van der Waals surface area (Å²) in [6, 6.07) is 1.86. The maximum Gasteiger partial charge on any atom is 0.246 e. The molecule has 3 heterocycles. The summed E-state index contributed by atoms with van der Waals surface area (Å²) in [6.45, 7) is 3.91. The van der Waals surface area contributed by atoms with Gasteiger partial charge in [0, 0.05) is 51.6 Å². The number of halogens is 1. The van der Waals surface area contributed by atoms with Crippen molar-refractivity contribution in [3.8, 4) is 0 Å². The zero-order valence-electron chi connectivity index (χ0n) is 12.8. The highest BCUT2D eigenvalue weighted by Gasteiger charge is 2.33. The van der Waals surface area contributed by atoms with E-state index in [1.807, 2.05) is 0 Å². The van der Waals surface area contributed by atoms with Gasteiger partial charge in [-0.25, -0.2) is 13.4 Å². The van der Waals surface area contributed by atoms with Crippen LogP contribution in [-0.2, 0) is 14.8 Å². The lowest BCUT2D eigenvalue weighted by Crippen LogP contribution is -2.53. The summed E-state index contributed by atoms with van der Waals surface area (Å²) in [6.07, 6.45) is 3.37. The Morgan fingerprint density at radius 1 is 1.22 bits per heavy atom. The van der Waals surface area contributed by atoms with Crippen LogP contribution < -0.4 is 5.73 Å². The first kappa shape index (κ1) is 16.9. The standard InChI is InChI=1S/C14H21ClN4O3S/c15-11-9-13(14(16)17-10-11)23(20,21)19-5-3-18(4-6-19)12-1-7-22-8-2-12/h9-10,12H,1-8H2,(H2,16,17). The van der Waals surface area contributed by atoms with Crippen molar-refractivity contribution in [1.29, 1.82) is 0 Å². The zero-order chi connectivity index (χ0) is 16.4. The molecule has 7 nitrogen and oxygen atoms in total. The highest BCUT2D eigenvalue weighted by Crippen LogP contribution is 2.25.